The molecule has 0 aromatic heterocycles. The van der Waals surface area contributed by atoms with Gasteiger partial charge in [0.25, 0.3) is 0 Å². The lowest BCUT2D eigenvalue weighted by Crippen LogP contribution is -1.93. The molecule has 0 saturated carbocycles. The van der Waals surface area contributed by atoms with E-state index in [1.807, 2.05) is 0 Å². The van der Waals surface area contributed by atoms with E-state index in [4.69, 9.17) is 5.11 Å². The third kappa shape index (κ3) is 16.9. The van der Waals surface area contributed by atoms with Crippen LogP contribution >= 0.6 is 0 Å². The molecular weight excluding hydrogens is 248 g/mol. The molecule has 0 unspecified atom stereocenters. The lowest BCUT2D eigenvalue weighted by atomic mass is 10.1. The zero-order valence-corrected chi connectivity index (χ0v) is 13.2. The van der Waals surface area contributed by atoms with Crippen LogP contribution in [0.15, 0.2) is 24.3 Å². The van der Waals surface area contributed by atoms with Crippen molar-refractivity contribution in [2.24, 2.45) is 0 Å². The third-order valence-corrected chi connectivity index (χ3v) is 3.37. The van der Waals surface area contributed by atoms with E-state index < -0.39 is 5.97 Å². The number of aliphatic carboxylic acids is 1. The molecule has 0 aliphatic carbocycles. The first kappa shape index (κ1) is 18.9. The van der Waals surface area contributed by atoms with Crippen molar-refractivity contribution in [2.45, 2.75) is 84.0 Å². The van der Waals surface area contributed by atoms with Gasteiger partial charge in [-0.3, -0.25) is 4.79 Å². The van der Waals surface area contributed by atoms with Crippen molar-refractivity contribution in [3.8, 4) is 0 Å². The first-order valence-electron chi connectivity index (χ1n) is 8.30. The quantitative estimate of drug-likeness (QED) is 0.318. The molecule has 0 fully saturated rings. The van der Waals surface area contributed by atoms with Gasteiger partial charge in [-0.25, -0.2) is 0 Å². The van der Waals surface area contributed by atoms with E-state index in [2.05, 4.69) is 31.2 Å². The van der Waals surface area contributed by atoms with Crippen LogP contribution in [0.25, 0.3) is 0 Å². The summed E-state index contributed by atoms with van der Waals surface area (Å²) in [5, 5.41) is 8.51. The first-order valence-corrected chi connectivity index (χ1v) is 8.30. The highest BCUT2D eigenvalue weighted by atomic mass is 16.4. The zero-order valence-electron chi connectivity index (χ0n) is 13.2. The van der Waals surface area contributed by atoms with Gasteiger partial charge in [0.1, 0.15) is 0 Å². The first-order chi connectivity index (χ1) is 9.77. The van der Waals surface area contributed by atoms with Crippen molar-refractivity contribution in [3.63, 3.8) is 0 Å². The summed E-state index contributed by atoms with van der Waals surface area (Å²) in [7, 11) is 0. The van der Waals surface area contributed by atoms with Crippen molar-refractivity contribution >= 4 is 5.97 Å². The summed E-state index contributed by atoms with van der Waals surface area (Å²) in [6.07, 6.45) is 22.3. The standard InChI is InChI=1S/C18H32O2/c1-2-3-4-5-6-7-8-9-10-11-12-13-14-15-16-17-18(19)20/h5-8H,2-4,9-17H2,1H3,(H,19,20)/b6-5+,8-7+. The second-order valence-corrected chi connectivity index (χ2v) is 5.41. The van der Waals surface area contributed by atoms with Crippen molar-refractivity contribution < 1.29 is 9.90 Å². The minimum absolute atomic E-state index is 0.330. The van der Waals surface area contributed by atoms with Gasteiger partial charge in [0.05, 0.1) is 0 Å². The van der Waals surface area contributed by atoms with Crippen LogP contribution in [0.5, 0.6) is 0 Å². The topological polar surface area (TPSA) is 37.3 Å². The Morgan fingerprint density at radius 3 is 1.85 bits per heavy atom. The van der Waals surface area contributed by atoms with Crippen molar-refractivity contribution in [1.29, 1.82) is 0 Å². The van der Waals surface area contributed by atoms with Gasteiger partial charge in [-0.1, -0.05) is 76.2 Å². The van der Waals surface area contributed by atoms with E-state index >= 15 is 0 Å². The number of carbonyl (C=O) groups is 1. The summed E-state index contributed by atoms with van der Waals surface area (Å²) in [6, 6.07) is 0. The fourth-order valence-corrected chi connectivity index (χ4v) is 2.09. The monoisotopic (exact) mass is 280 g/mol. The van der Waals surface area contributed by atoms with Gasteiger partial charge in [0.2, 0.25) is 0 Å². The van der Waals surface area contributed by atoms with Gasteiger partial charge in [-0.2, -0.15) is 0 Å². The predicted molar refractivity (Wildman–Crippen MR) is 87.0 cm³/mol. The van der Waals surface area contributed by atoms with Crippen LogP contribution in [0.3, 0.4) is 0 Å². The molecule has 0 atom stereocenters. The van der Waals surface area contributed by atoms with Crippen LogP contribution in [-0.4, -0.2) is 11.1 Å². The van der Waals surface area contributed by atoms with Crippen LogP contribution in [0.2, 0.25) is 0 Å². The predicted octanol–water partition coefficient (Wildman–Crippen LogP) is 5.88. The molecule has 20 heavy (non-hydrogen) atoms. The van der Waals surface area contributed by atoms with Crippen molar-refractivity contribution in [2.75, 3.05) is 0 Å². The van der Waals surface area contributed by atoms with Crippen LogP contribution in [0.4, 0.5) is 0 Å². The second-order valence-electron chi connectivity index (χ2n) is 5.41. The summed E-state index contributed by atoms with van der Waals surface area (Å²) >= 11 is 0. The molecule has 0 rings (SSSR count). The normalized spacial score (nSPS) is 11.7. The zero-order chi connectivity index (χ0) is 14.9. The number of hydrogen-bond acceptors (Lipinski definition) is 1. The molecule has 2 heteroatoms. The Kier molecular flexibility index (Phi) is 15.2. The Balaban J connectivity index is 3.14. The molecule has 0 bridgehead atoms. The Morgan fingerprint density at radius 2 is 1.30 bits per heavy atom. The molecule has 1 N–H and O–H groups in total. The fraction of sp³-hybridized carbons (Fsp3) is 0.722. The average molecular weight is 280 g/mol. The van der Waals surface area contributed by atoms with Crippen LogP contribution in [0.1, 0.15) is 84.0 Å². The van der Waals surface area contributed by atoms with E-state index in [1.54, 1.807) is 0 Å². The smallest absolute Gasteiger partial charge is 0.303 e. The number of unbranched alkanes of at least 4 members (excludes halogenated alkanes) is 9. The summed E-state index contributed by atoms with van der Waals surface area (Å²) < 4.78 is 0. The van der Waals surface area contributed by atoms with E-state index in [0.717, 1.165) is 12.8 Å². The van der Waals surface area contributed by atoms with Gasteiger partial charge < -0.3 is 5.11 Å². The number of allylic oxidation sites excluding steroid dienone is 4. The molecule has 0 aliphatic rings. The van der Waals surface area contributed by atoms with E-state index in [0.29, 0.717) is 6.42 Å². The number of carboxylic acid groups (broad SMARTS) is 1. The van der Waals surface area contributed by atoms with Crippen molar-refractivity contribution in [3.05, 3.63) is 24.3 Å². The van der Waals surface area contributed by atoms with Gasteiger partial charge in [0.15, 0.2) is 0 Å². The lowest BCUT2D eigenvalue weighted by molar-refractivity contribution is -0.137. The van der Waals surface area contributed by atoms with Gasteiger partial charge in [0, 0.05) is 6.42 Å². The maximum absolute atomic E-state index is 10.3. The number of carboxylic acids is 1. The maximum Gasteiger partial charge on any atom is 0.303 e. The van der Waals surface area contributed by atoms with Crippen LogP contribution in [-0.2, 0) is 4.79 Å². The summed E-state index contributed by atoms with van der Waals surface area (Å²) in [5.41, 5.74) is 0. The maximum atomic E-state index is 10.3. The molecule has 0 spiro atoms. The van der Waals surface area contributed by atoms with Crippen LogP contribution < -0.4 is 0 Å². The van der Waals surface area contributed by atoms with Crippen molar-refractivity contribution in [1.82, 2.24) is 0 Å². The summed E-state index contributed by atoms with van der Waals surface area (Å²) in [5.74, 6) is -0.666. The number of rotatable bonds is 14. The Labute approximate surface area is 125 Å². The molecule has 116 valence electrons. The SMILES string of the molecule is CCCC/C=C/C=C/CCCCCCCCCC(=O)O. The van der Waals surface area contributed by atoms with Crippen LogP contribution in [0, 0.1) is 0 Å². The minimum Gasteiger partial charge on any atom is -0.481 e. The Morgan fingerprint density at radius 1 is 0.800 bits per heavy atom. The Hall–Kier alpha value is -1.05. The van der Waals surface area contributed by atoms with E-state index in [1.165, 1.54) is 57.8 Å². The molecule has 0 saturated heterocycles. The summed E-state index contributed by atoms with van der Waals surface area (Å²) in [6.45, 7) is 2.22. The Bertz CT molecular complexity index is 267. The fourth-order valence-electron chi connectivity index (χ4n) is 2.09. The molecule has 0 radical (unpaired) electrons. The molecule has 0 aliphatic heterocycles. The third-order valence-electron chi connectivity index (χ3n) is 3.37. The molecule has 0 amide bonds. The van der Waals surface area contributed by atoms with E-state index in [-0.39, 0.29) is 0 Å². The lowest BCUT2D eigenvalue weighted by Gasteiger charge is -1.99. The molecule has 2 nitrogen and oxygen atoms in total. The highest BCUT2D eigenvalue weighted by molar-refractivity contribution is 5.66. The van der Waals surface area contributed by atoms with Gasteiger partial charge in [-0.15, -0.1) is 0 Å². The highest BCUT2D eigenvalue weighted by Crippen LogP contribution is 2.10. The average Bonchev–Trinajstić information content (AvgIpc) is 2.43. The largest absolute Gasteiger partial charge is 0.481 e. The minimum atomic E-state index is -0.666. The molecule has 0 aromatic carbocycles. The van der Waals surface area contributed by atoms with E-state index in [9.17, 15) is 4.79 Å². The number of hydrogen-bond donors (Lipinski definition) is 1. The molecule has 0 heterocycles. The molecular formula is C18H32O2. The summed E-state index contributed by atoms with van der Waals surface area (Å²) in [4.78, 5) is 10.3. The van der Waals surface area contributed by atoms with Gasteiger partial charge in [-0.05, 0) is 25.7 Å². The highest BCUT2D eigenvalue weighted by Gasteiger charge is 1.96. The molecule has 0 aromatic rings. The van der Waals surface area contributed by atoms with Gasteiger partial charge >= 0.3 is 5.97 Å². The second kappa shape index (κ2) is 16.0.